The monoisotopic (exact) mass is 459 g/mol. The second-order valence-corrected chi connectivity index (χ2v) is 9.59. The van der Waals surface area contributed by atoms with Crippen molar-refractivity contribution < 1.29 is 9.53 Å². The summed E-state index contributed by atoms with van der Waals surface area (Å²) in [6.07, 6.45) is 1.86. The average molecular weight is 460 g/mol. The highest BCUT2D eigenvalue weighted by atomic mass is 35.5. The molecule has 5 rings (SSSR count). The summed E-state index contributed by atoms with van der Waals surface area (Å²) in [6, 6.07) is 23.3. The fourth-order valence-corrected chi connectivity index (χ4v) is 4.51. The topological polar surface area (TPSA) is 53.9 Å². The van der Waals surface area contributed by atoms with Crippen LogP contribution in [0.1, 0.15) is 42.9 Å². The van der Waals surface area contributed by atoms with Gasteiger partial charge in [0, 0.05) is 16.6 Å². The minimum atomic E-state index is -0.253. The van der Waals surface area contributed by atoms with Crippen LogP contribution in [0.4, 0.5) is 10.5 Å². The molecule has 33 heavy (non-hydrogen) atoms. The van der Waals surface area contributed by atoms with Gasteiger partial charge in [0.15, 0.2) is 0 Å². The Balaban J connectivity index is 1.38. The van der Waals surface area contributed by atoms with E-state index in [0.717, 1.165) is 46.7 Å². The average Bonchev–Trinajstić information content (AvgIpc) is 3.26. The molecule has 1 N–H and O–H groups in total. The lowest BCUT2D eigenvalue weighted by molar-refractivity contribution is 0.0847. The molecule has 2 aliphatic rings. The zero-order valence-corrected chi connectivity index (χ0v) is 19.5. The van der Waals surface area contributed by atoms with Crippen molar-refractivity contribution in [2.45, 2.75) is 38.2 Å². The number of halogens is 1. The number of rotatable bonds is 3. The summed E-state index contributed by atoms with van der Waals surface area (Å²) in [6.45, 7) is 4.66. The summed E-state index contributed by atoms with van der Waals surface area (Å²) in [5.41, 5.74) is 4.63. The first kappa shape index (κ1) is 21.5. The number of anilines is 1. The van der Waals surface area contributed by atoms with Crippen LogP contribution >= 0.6 is 11.6 Å². The maximum absolute atomic E-state index is 13.1. The van der Waals surface area contributed by atoms with Gasteiger partial charge < -0.3 is 10.1 Å². The van der Waals surface area contributed by atoms with E-state index >= 15 is 0 Å². The van der Waals surface area contributed by atoms with Gasteiger partial charge in [0.05, 0.1) is 12.3 Å². The Morgan fingerprint density at radius 3 is 2.61 bits per heavy atom. The molecule has 2 heterocycles. The van der Waals surface area contributed by atoms with Crippen LogP contribution in [-0.4, -0.2) is 28.9 Å². The number of ether oxygens (including phenoxy) is 1. The SMILES string of the molecule is CC1(C)CCc2cc(NC(=O)N3C[C@@H](c4ccccc4)C(c4ccc(Cl)cc4)=N3)ccc2O1. The molecule has 0 fully saturated rings. The first-order valence-corrected chi connectivity index (χ1v) is 11.6. The van der Waals surface area contributed by atoms with Crippen molar-refractivity contribution in [3.8, 4) is 5.75 Å². The van der Waals surface area contributed by atoms with E-state index in [0.29, 0.717) is 11.6 Å². The molecule has 2 aliphatic heterocycles. The predicted molar refractivity (Wildman–Crippen MR) is 132 cm³/mol. The van der Waals surface area contributed by atoms with Gasteiger partial charge in [-0.1, -0.05) is 54.1 Å². The zero-order chi connectivity index (χ0) is 23.0. The number of urea groups is 1. The van der Waals surface area contributed by atoms with Crippen LogP contribution in [0.5, 0.6) is 5.75 Å². The van der Waals surface area contributed by atoms with Gasteiger partial charge in [0.2, 0.25) is 0 Å². The van der Waals surface area contributed by atoms with Gasteiger partial charge in [0.1, 0.15) is 11.4 Å². The highest BCUT2D eigenvalue weighted by molar-refractivity contribution is 6.30. The molecule has 0 aliphatic carbocycles. The van der Waals surface area contributed by atoms with E-state index in [4.69, 9.17) is 21.4 Å². The molecule has 6 heteroatoms. The number of carbonyl (C=O) groups is 1. The lowest BCUT2D eigenvalue weighted by Crippen LogP contribution is -2.33. The minimum Gasteiger partial charge on any atom is -0.488 e. The Bertz CT molecular complexity index is 1210. The van der Waals surface area contributed by atoms with E-state index in [1.807, 2.05) is 60.7 Å². The normalized spacial score (nSPS) is 18.8. The third-order valence-electron chi connectivity index (χ3n) is 6.18. The fourth-order valence-electron chi connectivity index (χ4n) is 4.38. The molecule has 0 spiro atoms. The summed E-state index contributed by atoms with van der Waals surface area (Å²) in [5.74, 6) is 0.870. The summed E-state index contributed by atoms with van der Waals surface area (Å²) < 4.78 is 6.06. The van der Waals surface area contributed by atoms with E-state index in [1.54, 1.807) is 0 Å². The number of benzene rings is 3. The van der Waals surface area contributed by atoms with E-state index in [-0.39, 0.29) is 17.6 Å². The number of hydrazone groups is 1. The fraction of sp³-hybridized carbons (Fsp3) is 0.259. The summed E-state index contributed by atoms with van der Waals surface area (Å²) in [7, 11) is 0. The molecule has 0 saturated carbocycles. The second kappa shape index (κ2) is 8.56. The van der Waals surface area contributed by atoms with Crippen LogP contribution in [0.3, 0.4) is 0 Å². The summed E-state index contributed by atoms with van der Waals surface area (Å²) in [5, 5.41) is 9.91. The smallest absolute Gasteiger partial charge is 0.342 e. The van der Waals surface area contributed by atoms with Crippen molar-refractivity contribution in [1.82, 2.24) is 5.01 Å². The Hall–Kier alpha value is -3.31. The number of nitrogens with one attached hydrogen (secondary N) is 1. The Kier molecular flexibility index (Phi) is 5.59. The van der Waals surface area contributed by atoms with Gasteiger partial charge in [-0.2, -0.15) is 5.10 Å². The molecule has 0 saturated heterocycles. The summed E-state index contributed by atoms with van der Waals surface area (Å²) in [4.78, 5) is 13.1. The van der Waals surface area contributed by atoms with Crippen molar-refractivity contribution >= 4 is 29.0 Å². The van der Waals surface area contributed by atoms with Crippen molar-refractivity contribution in [3.05, 3.63) is 94.5 Å². The Morgan fingerprint density at radius 1 is 1.09 bits per heavy atom. The number of amides is 2. The van der Waals surface area contributed by atoms with Crippen molar-refractivity contribution in [2.24, 2.45) is 5.10 Å². The maximum Gasteiger partial charge on any atom is 0.342 e. The third kappa shape index (κ3) is 4.60. The van der Waals surface area contributed by atoms with E-state index < -0.39 is 0 Å². The van der Waals surface area contributed by atoms with Crippen molar-refractivity contribution in [2.75, 3.05) is 11.9 Å². The second-order valence-electron chi connectivity index (χ2n) is 9.15. The third-order valence-corrected chi connectivity index (χ3v) is 6.44. The molecule has 3 aromatic rings. The quantitative estimate of drug-likeness (QED) is 0.487. The van der Waals surface area contributed by atoms with Crippen LogP contribution in [-0.2, 0) is 6.42 Å². The number of nitrogens with zero attached hydrogens (tertiary/aromatic N) is 2. The summed E-state index contributed by atoms with van der Waals surface area (Å²) >= 11 is 6.08. The molecule has 5 nitrogen and oxygen atoms in total. The van der Waals surface area contributed by atoms with Gasteiger partial charge in [-0.15, -0.1) is 0 Å². The van der Waals surface area contributed by atoms with Gasteiger partial charge >= 0.3 is 6.03 Å². The lowest BCUT2D eigenvalue weighted by atomic mass is 9.91. The van der Waals surface area contributed by atoms with Gasteiger partial charge in [0.25, 0.3) is 0 Å². The first-order chi connectivity index (χ1) is 15.9. The van der Waals surface area contributed by atoms with E-state index in [9.17, 15) is 4.79 Å². The molecular weight excluding hydrogens is 434 g/mol. The highest BCUT2D eigenvalue weighted by Gasteiger charge is 2.32. The largest absolute Gasteiger partial charge is 0.488 e. The van der Waals surface area contributed by atoms with E-state index in [1.165, 1.54) is 5.01 Å². The molecule has 168 valence electrons. The van der Waals surface area contributed by atoms with Crippen LogP contribution in [0, 0.1) is 0 Å². The first-order valence-electron chi connectivity index (χ1n) is 11.2. The van der Waals surface area contributed by atoms with Crippen LogP contribution in [0.25, 0.3) is 0 Å². The molecule has 1 atom stereocenters. The molecule has 0 aromatic heterocycles. The predicted octanol–water partition coefficient (Wildman–Crippen LogP) is 6.48. The van der Waals surface area contributed by atoms with Crippen molar-refractivity contribution in [3.63, 3.8) is 0 Å². The number of carbonyl (C=O) groups excluding carboxylic acids is 1. The highest BCUT2D eigenvalue weighted by Crippen LogP contribution is 2.35. The molecule has 0 unspecified atom stereocenters. The maximum atomic E-state index is 13.1. The lowest BCUT2D eigenvalue weighted by Gasteiger charge is -2.32. The number of aryl methyl sites for hydroxylation is 1. The van der Waals surface area contributed by atoms with Crippen LogP contribution < -0.4 is 10.1 Å². The minimum absolute atomic E-state index is 0.0164. The Labute approximate surface area is 199 Å². The van der Waals surface area contributed by atoms with Gasteiger partial charge in [-0.25, -0.2) is 9.80 Å². The van der Waals surface area contributed by atoms with E-state index in [2.05, 4.69) is 31.3 Å². The van der Waals surface area contributed by atoms with Gasteiger partial charge in [-0.3, -0.25) is 0 Å². The van der Waals surface area contributed by atoms with Crippen LogP contribution in [0.2, 0.25) is 5.02 Å². The number of fused-ring (bicyclic) bond motifs is 1. The molecule has 0 bridgehead atoms. The number of hydrogen-bond donors (Lipinski definition) is 1. The zero-order valence-electron chi connectivity index (χ0n) is 18.7. The molecule has 3 aromatic carbocycles. The molecule has 2 amide bonds. The standard InChI is InChI=1S/C27H26ClN3O2/c1-27(2)15-14-20-16-22(12-13-24(20)33-27)29-26(32)31-17-23(18-6-4-3-5-7-18)25(30-31)19-8-10-21(28)11-9-19/h3-13,16,23H,14-15,17H2,1-2H3,(H,29,32)/t23-/m0/s1. The number of hydrogen-bond acceptors (Lipinski definition) is 3. The Morgan fingerprint density at radius 2 is 1.85 bits per heavy atom. The van der Waals surface area contributed by atoms with Crippen molar-refractivity contribution in [1.29, 1.82) is 0 Å². The molecule has 0 radical (unpaired) electrons. The van der Waals surface area contributed by atoms with Crippen LogP contribution in [0.15, 0.2) is 77.9 Å². The van der Waals surface area contributed by atoms with Gasteiger partial charge in [-0.05, 0) is 73.7 Å². The molecular formula is C27H26ClN3O2.